The topological polar surface area (TPSA) is 3.24 Å². The Hall–Kier alpha value is -0.460. The molecule has 1 nitrogen and oxygen atoms in total. The van der Waals surface area contributed by atoms with E-state index >= 15 is 0 Å². The van der Waals surface area contributed by atoms with Gasteiger partial charge in [0.2, 0.25) is 0 Å². The van der Waals surface area contributed by atoms with E-state index in [1.807, 2.05) is 0 Å². The van der Waals surface area contributed by atoms with Crippen molar-refractivity contribution in [3.8, 4) is 0 Å². The van der Waals surface area contributed by atoms with Gasteiger partial charge < -0.3 is 4.90 Å². The van der Waals surface area contributed by atoms with Crippen LogP contribution in [0.4, 0.5) is 0 Å². The highest BCUT2D eigenvalue weighted by molar-refractivity contribution is 4.93. The third-order valence-electron chi connectivity index (χ3n) is 1.51. The van der Waals surface area contributed by atoms with Crippen molar-refractivity contribution in [1.82, 2.24) is 4.90 Å². The van der Waals surface area contributed by atoms with E-state index in [2.05, 4.69) is 31.1 Å². The van der Waals surface area contributed by atoms with Crippen LogP contribution in [0.25, 0.3) is 0 Å². The summed E-state index contributed by atoms with van der Waals surface area (Å²) in [7, 11) is 2.11. The van der Waals surface area contributed by atoms with Crippen LogP contribution in [-0.4, -0.2) is 18.0 Å². The van der Waals surface area contributed by atoms with E-state index in [0.29, 0.717) is 0 Å². The second kappa shape index (κ2) is 1.57. The molecule has 0 N–H and O–H groups in total. The first-order valence-corrected chi connectivity index (χ1v) is 2.69. The minimum Gasteiger partial charge on any atom is -0.378 e. The van der Waals surface area contributed by atoms with Gasteiger partial charge in [-0.2, -0.15) is 0 Å². The SMILES string of the molecule is CC1CC=CN1C. The molecular formula is C6H11N. The highest BCUT2D eigenvalue weighted by atomic mass is 15.1. The van der Waals surface area contributed by atoms with Crippen molar-refractivity contribution in [2.45, 2.75) is 19.4 Å². The Labute approximate surface area is 44.6 Å². The van der Waals surface area contributed by atoms with Crippen molar-refractivity contribution in [2.75, 3.05) is 7.05 Å². The first kappa shape index (κ1) is 4.69. The van der Waals surface area contributed by atoms with Crippen LogP contribution in [0.2, 0.25) is 0 Å². The van der Waals surface area contributed by atoms with Gasteiger partial charge in [0, 0.05) is 13.1 Å². The zero-order valence-corrected chi connectivity index (χ0v) is 4.89. The lowest BCUT2D eigenvalue weighted by Gasteiger charge is -2.14. The standard InChI is InChI=1S/C6H11N/c1-6-4-3-5-7(6)2/h3,5-6H,4H2,1-2H3. The fraction of sp³-hybridized carbons (Fsp3) is 0.667. The Kier molecular flexibility index (Phi) is 1.05. The van der Waals surface area contributed by atoms with Crippen LogP contribution in [-0.2, 0) is 0 Å². The molecule has 0 radical (unpaired) electrons. The Morgan fingerprint density at radius 3 is 2.57 bits per heavy atom. The molecule has 0 aliphatic carbocycles. The highest BCUT2D eigenvalue weighted by Gasteiger charge is 2.06. The molecule has 0 bridgehead atoms. The number of hydrogen-bond acceptors (Lipinski definition) is 1. The first-order chi connectivity index (χ1) is 3.30. The van der Waals surface area contributed by atoms with Crippen LogP contribution >= 0.6 is 0 Å². The maximum Gasteiger partial charge on any atom is 0.0287 e. The molecule has 0 amide bonds. The third kappa shape index (κ3) is 0.763. The van der Waals surface area contributed by atoms with Crippen molar-refractivity contribution in [1.29, 1.82) is 0 Å². The first-order valence-electron chi connectivity index (χ1n) is 2.69. The summed E-state index contributed by atoms with van der Waals surface area (Å²) in [5.41, 5.74) is 0. The summed E-state index contributed by atoms with van der Waals surface area (Å²) in [6.07, 6.45) is 5.55. The summed E-state index contributed by atoms with van der Waals surface area (Å²) >= 11 is 0. The molecule has 0 aromatic rings. The zero-order valence-electron chi connectivity index (χ0n) is 4.89. The average molecular weight is 97.2 g/mol. The molecule has 40 valence electrons. The van der Waals surface area contributed by atoms with Gasteiger partial charge in [-0.05, 0) is 19.5 Å². The van der Waals surface area contributed by atoms with Crippen LogP contribution in [0.15, 0.2) is 12.3 Å². The van der Waals surface area contributed by atoms with Crippen LogP contribution in [0.5, 0.6) is 0 Å². The van der Waals surface area contributed by atoms with E-state index < -0.39 is 0 Å². The summed E-state index contributed by atoms with van der Waals surface area (Å²) in [5.74, 6) is 0. The summed E-state index contributed by atoms with van der Waals surface area (Å²) in [4.78, 5) is 2.22. The largest absolute Gasteiger partial charge is 0.378 e. The predicted octanol–water partition coefficient (Wildman–Crippen LogP) is 1.22. The van der Waals surface area contributed by atoms with Crippen LogP contribution < -0.4 is 0 Å². The van der Waals surface area contributed by atoms with E-state index in [0.717, 1.165) is 6.04 Å². The Morgan fingerprint density at radius 1 is 1.71 bits per heavy atom. The van der Waals surface area contributed by atoms with E-state index in [9.17, 15) is 0 Å². The van der Waals surface area contributed by atoms with E-state index in [1.165, 1.54) is 6.42 Å². The summed E-state index contributed by atoms with van der Waals surface area (Å²) in [6, 6.07) is 0.736. The molecular weight excluding hydrogens is 86.1 g/mol. The quantitative estimate of drug-likeness (QED) is 0.439. The number of hydrogen-bond donors (Lipinski definition) is 0. The molecule has 0 aromatic carbocycles. The zero-order chi connectivity index (χ0) is 5.28. The molecule has 1 unspecified atom stereocenters. The molecule has 0 aromatic heterocycles. The second-order valence-electron chi connectivity index (χ2n) is 2.13. The molecule has 1 atom stereocenters. The van der Waals surface area contributed by atoms with Gasteiger partial charge in [-0.25, -0.2) is 0 Å². The van der Waals surface area contributed by atoms with Crippen LogP contribution in [0.3, 0.4) is 0 Å². The normalized spacial score (nSPS) is 29.4. The van der Waals surface area contributed by atoms with Crippen molar-refractivity contribution in [2.24, 2.45) is 0 Å². The van der Waals surface area contributed by atoms with Gasteiger partial charge in [0.1, 0.15) is 0 Å². The fourth-order valence-corrected chi connectivity index (χ4v) is 0.737. The third-order valence-corrected chi connectivity index (χ3v) is 1.51. The van der Waals surface area contributed by atoms with Gasteiger partial charge in [-0.3, -0.25) is 0 Å². The Bertz CT molecular complexity index is 86.2. The van der Waals surface area contributed by atoms with Crippen molar-refractivity contribution in [3.63, 3.8) is 0 Å². The summed E-state index contributed by atoms with van der Waals surface area (Å²) < 4.78 is 0. The van der Waals surface area contributed by atoms with Crippen LogP contribution in [0.1, 0.15) is 13.3 Å². The molecule has 0 saturated heterocycles. The molecule has 0 fully saturated rings. The van der Waals surface area contributed by atoms with Gasteiger partial charge in [0.05, 0.1) is 0 Å². The molecule has 1 heteroatoms. The minimum absolute atomic E-state index is 0.736. The van der Waals surface area contributed by atoms with Crippen LogP contribution in [0, 0.1) is 0 Å². The summed E-state index contributed by atoms with van der Waals surface area (Å²) in [5, 5.41) is 0. The predicted molar refractivity (Wildman–Crippen MR) is 31.0 cm³/mol. The Morgan fingerprint density at radius 2 is 2.43 bits per heavy atom. The fourth-order valence-electron chi connectivity index (χ4n) is 0.737. The highest BCUT2D eigenvalue weighted by Crippen LogP contribution is 2.08. The van der Waals surface area contributed by atoms with E-state index in [4.69, 9.17) is 0 Å². The number of nitrogens with zero attached hydrogens (tertiary/aromatic N) is 1. The maximum absolute atomic E-state index is 2.22. The maximum atomic E-state index is 2.22. The molecule has 1 rings (SSSR count). The lowest BCUT2D eigenvalue weighted by atomic mass is 10.3. The monoisotopic (exact) mass is 97.1 g/mol. The summed E-state index contributed by atoms with van der Waals surface area (Å²) in [6.45, 7) is 2.22. The Balaban J connectivity index is 2.45. The van der Waals surface area contributed by atoms with E-state index in [-0.39, 0.29) is 0 Å². The van der Waals surface area contributed by atoms with E-state index in [1.54, 1.807) is 0 Å². The van der Waals surface area contributed by atoms with Gasteiger partial charge in [-0.15, -0.1) is 0 Å². The molecule has 1 heterocycles. The van der Waals surface area contributed by atoms with Gasteiger partial charge >= 0.3 is 0 Å². The average Bonchev–Trinajstić information content (AvgIpc) is 1.91. The molecule has 0 spiro atoms. The van der Waals surface area contributed by atoms with Crippen molar-refractivity contribution in [3.05, 3.63) is 12.3 Å². The van der Waals surface area contributed by atoms with Gasteiger partial charge in [0.15, 0.2) is 0 Å². The van der Waals surface area contributed by atoms with Crippen molar-refractivity contribution < 1.29 is 0 Å². The lowest BCUT2D eigenvalue weighted by Crippen LogP contribution is -2.17. The molecule has 7 heavy (non-hydrogen) atoms. The smallest absolute Gasteiger partial charge is 0.0287 e. The second-order valence-corrected chi connectivity index (χ2v) is 2.13. The van der Waals surface area contributed by atoms with Gasteiger partial charge in [-0.1, -0.05) is 6.08 Å². The minimum atomic E-state index is 0.736. The molecule has 1 aliphatic heterocycles. The lowest BCUT2D eigenvalue weighted by molar-refractivity contribution is 0.383. The van der Waals surface area contributed by atoms with Crippen molar-refractivity contribution >= 4 is 0 Å². The molecule has 1 aliphatic rings. The number of rotatable bonds is 0. The van der Waals surface area contributed by atoms with Gasteiger partial charge in [0.25, 0.3) is 0 Å². The molecule has 0 saturated carbocycles.